The molecule has 0 unspecified atom stereocenters. The summed E-state index contributed by atoms with van der Waals surface area (Å²) in [6, 6.07) is 6.47. The second-order valence-electron chi connectivity index (χ2n) is 3.40. The lowest BCUT2D eigenvalue weighted by molar-refractivity contribution is 0.103. The third-order valence-corrected chi connectivity index (χ3v) is 2.91. The van der Waals surface area contributed by atoms with Crippen LogP contribution >= 0.6 is 23.2 Å². The minimum Gasteiger partial charge on any atom is -0.469 e. The molecule has 2 aromatic rings. The van der Waals surface area contributed by atoms with Gasteiger partial charge >= 0.3 is 0 Å². The average Bonchev–Trinajstić information content (AvgIpc) is 2.68. The number of hydrogen-bond donors (Lipinski definition) is 0. The van der Waals surface area contributed by atoms with Crippen LogP contribution in [0.3, 0.4) is 0 Å². The molecule has 4 heteroatoms. The van der Waals surface area contributed by atoms with E-state index in [1.807, 2.05) is 0 Å². The quantitative estimate of drug-likeness (QED) is 0.755. The molecule has 0 aliphatic rings. The molecule has 1 aromatic heterocycles. The molecule has 2 rings (SSSR count). The molecule has 0 spiro atoms. The van der Waals surface area contributed by atoms with Crippen LogP contribution in [0.25, 0.3) is 0 Å². The van der Waals surface area contributed by atoms with Crippen molar-refractivity contribution in [2.75, 3.05) is 0 Å². The van der Waals surface area contributed by atoms with Gasteiger partial charge in [0.15, 0.2) is 5.78 Å². The van der Waals surface area contributed by atoms with Gasteiger partial charge in [-0.15, -0.1) is 0 Å². The summed E-state index contributed by atoms with van der Waals surface area (Å²) in [5.74, 6) is 0.568. The maximum absolute atomic E-state index is 12.0. The Morgan fingerprint density at radius 3 is 2.44 bits per heavy atom. The van der Waals surface area contributed by atoms with Crippen LogP contribution in [0.1, 0.15) is 21.7 Å². The molecule has 0 amide bonds. The molecule has 0 fully saturated rings. The third-order valence-electron chi connectivity index (χ3n) is 2.17. The number of halogens is 2. The first-order chi connectivity index (χ1) is 7.58. The number of ketones is 1. The summed E-state index contributed by atoms with van der Waals surface area (Å²) < 4.78 is 5.08. The number of aryl methyl sites for hydroxylation is 1. The summed E-state index contributed by atoms with van der Waals surface area (Å²) in [4.78, 5) is 12.0. The fourth-order valence-corrected chi connectivity index (χ4v) is 1.66. The van der Waals surface area contributed by atoms with E-state index in [2.05, 4.69) is 0 Å². The van der Waals surface area contributed by atoms with E-state index in [-0.39, 0.29) is 5.78 Å². The van der Waals surface area contributed by atoms with Crippen LogP contribution in [0.15, 0.2) is 34.9 Å². The van der Waals surface area contributed by atoms with Gasteiger partial charge in [-0.1, -0.05) is 23.2 Å². The van der Waals surface area contributed by atoms with E-state index in [9.17, 15) is 4.79 Å². The van der Waals surface area contributed by atoms with Gasteiger partial charge in [0, 0.05) is 5.56 Å². The summed E-state index contributed by atoms with van der Waals surface area (Å²) in [5, 5.41) is 0.800. The van der Waals surface area contributed by atoms with Crippen molar-refractivity contribution in [2.24, 2.45) is 0 Å². The molecule has 0 aliphatic heterocycles. The second kappa shape index (κ2) is 4.32. The first-order valence-corrected chi connectivity index (χ1v) is 5.38. The van der Waals surface area contributed by atoms with E-state index in [1.165, 1.54) is 6.26 Å². The highest BCUT2D eigenvalue weighted by Crippen LogP contribution is 2.24. The summed E-state index contributed by atoms with van der Waals surface area (Å²) >= 11 is 11.6. The highest BCUT2D eigenvalue weighted by Gasteiger charge is 2.12. The lowest BCUT2D eigenvalue weighted by atomic mass is 10.1. The minimum atomic E-state index is -0.129. The van der Waals surface area contributed by atoms with Crippen molar-refractivity contribution in [3.05, 3.63) is 57.5 Å². The average molecular weight is 255 g/mol. The van der Waals surface area contributed by atoms with Crippen LogP contribution in [-0.4, -0.2) is 5.78 Å². The zero-order valence-corrected chi connectivity index (χ0v) is 9.97. The summed E-state index contributed by atoms with van der Waals surface area (Å²) in [6.45, 7) is 1.78. The smallest absolute Gasteiger partial charge is 0.196 e. The Morgan fingerprint density at radius 2 is 1.88 bits per heavy atom. The molecule has 0 aliphatic carbocycles. The number of carbonyl (C=O) groups is 1. The zero-order valence-electron chi connectivity index (χ0n) is 8.46. The number of carbonyl (C=O) groups excluding carboxylic acids is 1. The molecule has 0 atom stereocenters. The zero-order chi connectivity index (χ0) is 11.7. The molecule has 16 heavy (non-hydrogen) atoms. The van der Waals surface area contributed by atoms with E-state index in [0.717, 1.165) is 0 Å². The van der Waals surface area contributed by atoms with Gasteiger partial charge in [-0.25, -0.2) is 0 Å². The summed E-state index contributed by atoms with van der Waals surface area (Å²) in [7, 11) is 0. The molecule has 0 bridgehead atoms. The Morgan fingerprint density at radius 1 is 1.12 bits per heavy atom. The first kappa shape index (κ1) is 11.2. The molecule has 0 saturated heterocycles. The van der Waals surface area contributed by atoms with Gasteiger partial charge < -0.3 is 4.42 Å². The first-order valence-electron chi connectivity index (χ1n) is 4.63. The second-order valence-corrected chi connectivity index (χ2v) is 4.22. The Kier molecular flexibility index (Phi) is 3.03. The van der Waals surface area contributed by atoms with Gasteiger partial charge in [-0.3, -0.25) is 4.79 Å². The van der Waals surface area contributed by atoms with Crippen molar-refractivity contribution in [1.29, 1.82) is 0 Å². The van der Waals surface area contributed by atoms with Crippen LogP contribution in [0.2, 0.25) is 10.0 Å². The molecule has 1 aromatic carbocycles. The van der Waals surface area contributed by atoms with Gasteiger partial charge in [0.1, 0.15) is 12.0 Å². The van der Waals surface area contributed by atoms with E-state index < -0.39 is 0 Å². The molecule has 0 N–H and O–H groups in total. The molecular weight excluding hydrogens is 247 g/mol. The molecule has 2 nitrogen and oxygen atoms in total. The monoisotopic (exact) mass is 254 g/mol. The van der Waals surface area contributed by atoms with Gasteiger partial charge in [0.05, 0.1) is 15.6 Å². The fraction of sp³-hybridized carbons (Fsp3) is 0.0833. The van der Waals surface area contributed by atoms with Crippen LogP contribution < -0.4 is 0 Å². The number of hydrogen-bond acceptors (Lipinski definition) is 2. The number of rotatable bonds is 2. The Labute approximate surface area is 103 Å². The highest BCUT2D eigenvalue weighted by molar-refractivity contribution is 6.42. The van der Waals surface area contributed by atoms with Crippen molar-refractivity contribution >= 4 is 29.0 Å². The van der Waals surface area contributed by atoms with E-state index in [4.69, 9.17) is 27.6 Å². The van der Waals surface area contributed by atoms with Gasteiger partial charge in [0.25, 0.3) is 0 Å². The van der Waals surface area contributed by atoms with E-state index in [1.54, 1.807) is 31.2 Å². The number of benzene rings is 1. The highest BCUT2D eigenvalue weighted by atomic mass is 35.5. The normalized spacial score (nSPS) is 10.4. The largest absolute Gasteiger partial charge is 0.469 e. The van der Waals surface area contributed by atoms with E-state index >= 15 is 0 Å². The molecule has 82 valence electrons. The predicted molar refractivity (Wildman–Crippen MR) is 63.3 cm³/mol. The molecular formula is C12H8Cl2O2. The topological polar surface area (TPSA) is 30.2 Å². The lowest BCUT2D eigenvalue weighted by Crippen LogP contribution is -1.99. The Hall–Kier alpha value is -1.25. The molecule has 0 radical (unpaired) electrons. The van der Waals surface area contributed by atoms with Crippen molar-refractivity contribution in [3.8, 4) is 0 Å². The Balaban J connectivity index is 2.38. The fourth-order valence-electron chi connectivity index (χ4n) is 1.37. The van der Waals surface area contributed by atoms with Crippen molar-refractivity contribution in [1.82, 2.24) is 0 Å². The predicted octanol–water partition coefficient (Wildman–Crippen LogP) is 4.13. The third kappa shape index (κ3) is 2.13. The van der Waals surface area contributed by atoms with Gasteiger partial charge in [-0.2, -0.15) is 0 Å². The van der Waals surface area contributed by atoms with Gasteiger partial charge in [-0.05, 0) is 31.2 Å². The maximum Gasteiger partial charge on any atom is 0.196 e. The van der Waals surface area contributed by atoms with Crippen molar-refractivity contribution in [3.63, 3.8) is 0 Å². The minimum absolute atomic E-state index is 0.129. The van der Waals surface area contributed by atoms with E-state index in [0.29, 0.717) is 26.9 Å². The van der Waals surface area contributed by atoms with Gasteiger partial charge in [0.2, 0.25) is 0 Å². The standard InChI is InChI=1S/C12H8Cl2O2/c1-7-4-9(6-16-7)12(15)8-2-3-10(13)11(14)5-8/h2-6H,1H3. The van der Waals surface area contributed by atoms with Crippen LogP contribution in [0.4, 0.5) is 0 Å². The van der Waals surface area contributed by atoms with Crippen molar-refractivity contribution < 1.29 is 9.21 Å². The Bertz CT molecular complexity index is 544. The summed E-state index contributed by atoms with van der Waals surface area (Å²) in [6.07, 6.45) is 1.43. The van der Waals surface area contributed by atoms with Crippen LogP contribution in [0.5, 0.6) is 0 Å². The summed E-state index contributed by atoms with van der Waals surface area (Å²) in [5.41, 5.74) is 1.01. The molecule has 1 heterocycles. The SMILES string of the molecule is Cc1cc(C(=O)c2ccc(Cl)c(Cl)c2)co1. The van der Waals surface area contributed by atoms with Crippen LogP contribution in [-0.2, 0) is 0 Å². The number of furan rings is 1. The maximum atomic E-state index is 12.0. The lowest BCUT2D eigenvalue weighted by Gasteiger charge is -2.00. The van der Waals surface area contributed by atoms with Crippen molar-refractivity contribution in [2.45, 2.75) is 6.92 Å². The van der Waals surface area contributed by atoms with Crippen LogP contribution in [0, 0.1) is 6.92 Å². The molecule has 0 saturated carbocycles.